The third-order valence-corrected chi connectivity index (χ3v) is 6.81. The van der Waals surface area contributed by atoms with Crippen LogP contribution in [0.3, 0.4) is 0 Å². The highest BCUT2D eigenvalue weighted by atomic mass is 16.3. The molecule has 1 aromatic heterocycles. The predicted molar refractivity (Wildman–Crippen MR) is 140 cm³/mol. The molecule has 8 nitrogen and oxygen atoms in total. The third kappa shape index (κ3) is 4.55. The van der Waals surface area contributed by atoms with Crippen molar-refractivity contribution in [3.63, 3.8) is 0 Å². The van der Waals surface area contributed by atoms with Crippen LogP contribution in [0.2, 0.25) is 0 Å². The molecule has 0 spiro atoms. The Morgan fingerprint density at radius 2 is 1.58 bits per heavy atom. The Balaban J connectivity index is 1.14. The molecule has 1 aliphatic heterocycles. The van der Waals surface area contributed by atoms with Crippen LogP contribution in [0.25, 0.3) is 16.6 Å². The molecule has 3 aromatic carbocycles. The van der Waals surface area contributed by atoms with E-state index in [1.54, 1.807) is 6.20 Å². The van der Waals surface area contributed by atoms with Crippen LogP contribution in [0.15, 0.2) is 72.9 Å². The van der Waals surface area contributed by atoms with Crippen LogP contribution in [0.1, 0.15) is 29.6 Å². The fraction of sp³-hybridized carbons (Fsp3) is 0.250. The SMILES string of the molecule is O=C(Nc1ccc2c(cnn2-c2ccc(NC(=O)C3CC3)cc2)c1)c1ccc(N2CCC(O)C2)cc1. The highest BCUT2D eigenvalue weighted by molar-refractivity contribution is 6.05. The first-order valence-corrected chi connectivity index (χ1v) is 12.3. The van der Waals surface area contributed by atoms with Gasteiger partial charge in [0.2, 0.25) is 5.91 Å². The number of anilines is 3. The van der Waals surface area contributed by atoms with Crippen molar-refractivity contribution in [2.45, 2.75) is 25.4 Å². The van der Waals surface area contributed by atoms with Crippen LogP contribution < -0.4 is 15.5 Å². The van der Waals surface area contributed by atoms with E-state index >= 15 is 0 Å². The van der Waals surface area contributed by atoms with Crippen molar-refractivity contribution in [3.8, 4) is 5.69 Å². The van der Waals surface area contributed by atoms with Crippen molar-refractivity contribution in [2.75, 3.05) is 28.6 Å². The fourth-order valence-corrected chi connectivity index (χ4v) is 4.60. The van der Waals surface area contributed by atoms with Gasteiger partial charge in [-0.3, -0.25) is 9.59 Å². The van der Waals surface area contributed by atoms with Gasteiger partial charge in [0.25, 0.3) is 5.91 Å². The zero-order valence-corrected chi connectivity index (χ0v) is 19.7. The molecule has 0 radical (unpaired) electrons. The number of aromatic nitrogens is 2. The minimum Gasteiger partial charge on any atom is -0.391 e. The maximum absolute atomic E-state index is 12.8. The van der Waals surface area contributed by atoms with Gasteiger partial charge >= 0.3 is 0 Å². The van der Waals surface area contributed by atoms with Gasteiger partial charge in [0.15, 0.2) is 0 Å². The molecule has 4 aromatic rings. The quantitative estimate of drug-likeness (QED) is 0.383. The highest BCUT2D eigenvalue weighted by Gasteiger charge is 2.29. The number of benzene rings is 3. The summed E-state index contributed by atoms with van der Waals surface area (Å²) in [5, 5.41) is 21.1. The van der Waals surface area contributed by atoms with Gasteiger partial charge in [-0.05, 0) is 86.0 Å². The molecule has 2 fully saturated rings. The second-order valence-corrected chi connectivity index (χ2v) is 9.53. The van der Waals surface area contributed by atoms with Crippen molar-refractivity contribution >= 4 is 39.8 Å². The van der Waals surface area contributed by atoms with Gasteiger partial charge in [0.05, 0.1) is 23.5 Å². The minimum atomic E-state index is -0.286. The lowest BCUT2D eigenvalue weighted by Crippen LogP contribution is -2.21. The van der Waals surface area contributed by atoms with E-state index in [1.165, 1.54) is 0 Å². The number of nitrogens with zero attached hydrogens (tertiary/aromatic N) is 3. The Labute approximate surface area is 208 Å². The van der Waals surface area contributed by atoms with Gasteiger partial charge in [-0.2, -0.15) is 5.10 Å². The Hall–Kier alpha value is -4.17. The summed E-state index contributed by atoms with van der Waals surface area (Å²) in [6.07, 6.45) is 4.20. The van der Waals surface area contributed by atoms with Crippen LogP contribution >= 0.6 is 0 Å². The first kappa shape index (κ1) is 22.3. The minimum absolute atomic E-state index is 0.0873. The highest BCUT2D eigenvalue weighted by Crippen LogP contribution is 2.30. The maximum atomic E-state index is 12.8. The molecule has 1 atom stereocenters. The number of aliphatic hydroxyl groups is 1. The molecule has 1 unspecified atom stereocenters. The van der Waals surface area contributed by atoms with Gasteiger partial charge in [-0.25, -0.2) is 4.68 Å². The smallest absolute Gasteiger partial charge is 0.255 e. The lowest BCUT2D eigenvalue weighted by atomic mass is 10.1. The van der Waals surface area contributed by atoms with Gasteiger partial charge in [-0.1, -0.05) is 0 Å². The zero-order valence-electron chi connectivity index (χ0n) is 19.7. The topological polar surface area (TPSA) is 99.5 Å². The molecule has 36 heavy (non-hydrogen) atoms. The average Bonchev–Trinajstić information content (AvgIpc) is 3.53. The Bertz CT molecular complexity index is 1420. The summed E-state index contributed by atoms with van der Waals surface area (Å²) < 4.78 is 1.83. The monoisotopic (exact) mass is 481 g/mol. The number of carbonyl (C=O) groups is 2. The van der Waals surface area contributed by atoms with E-state index in [-0.39, 0.29) is 23.8 Å². The molecule has 2 heterocycles. The van der Waals surface area contributed by atoms with E-state index in [2.05, 4.69) is 20.6 Å². The van der Waals surface area contributed by atoms with E-state index in [1.807, 2.05) is 71.4 Å². The van der Waals surface area contributed by atoms with Crippen molar-refractivity contribution in [1.29, 1.82) is 0 Å². The van der Waals surface area contributed by atoms with Gasteiger partial charge in [-0.15, -0.1) is 0 Å². The lowest BCUT2D eigenvalue weighted by Gasteiger charge is -2.18. The summed E-state index contributed by atoms with van der Waals surface area (Å²) in [5.41, 5.74) is 4.86. The molecule has 0 bridgehead atoms. The number of rotatable bonds is 6. The molecule has 6 rings (SSSR count). The molecule has 182 valence electrons. The van der Waals surface area contributed by atoms with Crippen LogP contribution in [0.5, 0.6) is 0 Å². The summed E-state index contributed by atoms with van der Waals surface area (Å²) in [6.45, 7) is 1.45. The largest absolute Gasteiger partial charge is 0.391 e. The first-order valence-electron chi connectivity index (χ1n) is 12.3. The number of fused-ring (bicyclic) bond motifs is 1. The van der Waals surface area contributed by atoms with Gasteiger partial charge in [0.1, 0.15) is 0 Å². The molecule has 2 amide bonds. The summed E-state index contributed by atoms with van der Waals surface area (Å²) in [4.78, 5) is 26.9. The molecule has 3 N–H and O–H groups in total. The normalized spacial score (nSPS) is 17.4. The maximum Gasteiger partial charge on any atom is 0.255 e. The van der Waals surface area contributed by atoms with Crippen molar-refractivity contribution in [1.82, 2.24) is 9.78 Å². The summed E-state index contributed by atoms with van der Waals surface area (Å²) in [5.74, 6) is 0.0709. The number of hydrogen-bond donors (Lipinski definition) is 3. The lowest BCUT2D eigenvalue weighted by molar-refractivity contribution is -0.117. The van der Waals surface area contributed by atoms with E-state index in [0.29, 0.717) is 17.8 Å². The van der Waals surface area contributed by atoms with Crippen LogP contribution in [-0.2, 0) is 4.79 Å². The Kier molecular flexibility index (Phi) is 5.65. The van der Waals surface area contributed by atoms with E-state index < -0.39 is 0 Å². The second kappa shape index (κ2) is 9.13. The summed E-state index contributed by atoms with van der Waals surface area (Å²) in [7, 11) is 0. The van der Waals surface area contributed by atoms with Crippen molar-refractivity contribution < 1.29 is 14.7 Å². The summed E-state index contributed by atoms with van der Waals surface area (Å²) >= 11 is 0. The van der Waals surface area contributed by atoms with E-state index in [4.69, 9.17) is 0 Å². The number of amides is 2. The zero-order chi connectivity index (χ0) is 24.6. The van der Waals surface area contributed by atoms with Gasteiger partial charge in [0, 0.05) is 47.0 Å². The second-order valence-electron chi connectivity index (χ2n) is 9.53. The molecular formula is C28H27N5O3. The first-order chi connectivity index (χ1) is 17.5. The molecule has 1 saturated heterocycles. The number of carbonyl (C=O) groups excluding carboxylic acids is 2. The Morgan fingerprint density at radius 1 is 0.861 bits per heavy atom. The molecular weight excluding hydrogens is 454 g/mol. The number of β-amino-alcohol motifs (C(OH)–C–C–N with tert-alkyl or cyclic N) is 1. The number of hydrogen-bond acceptors (Lipinski definition) is 5. The standard InChI is InChI=1S/C28H27N5O3/c34-25-13-14-32(17-25)23-8-3-19(4-9-23)28(36)31-22-7-12-26-20(15-22)16-29-33(26)24-10-5-21(6-11-24)30-27(35)18-1-2-18/h3-12,15-16,18,25,34H,1-2,13-14,17H2,(H,30,35)(H,31,36). The van der Waals surface area contributed by atoms with Gasteiger partial charge < -0.3 is 20.6 Å². The van der Waals surface area contributed by atoms with E-state index in [9.17, 15) is 14.7 Å². The third-order valence-electron chi connectivity index (χ3n) is 6.81. The van der Waals surface area contributed by atoms with Crippen LogP contribution in [0.4, 0.5) is 17.1 Å². The van der Waals surface area contributed by atoms with Crippen molar-refractivity contribution in [3.05, 3.63) is 78.5 Å². The molecule has 2 aliphatic rings. The predicted octanol–water partition coefficient (Wildman–Crippen LogP) is 4.20. The van der Waals surface area contributed by atoms with Crippen LogP contribution in [0, 0.1) is 5.92 Å². The number of aliphatic hydroxyl groups excluding tert-OH is 1. The number of nitrogens with one attached hydrogen (secondary N) is 2. The van der Waals surface area contributed by atoms with Crippen LogP contribution in [-0.4, -0.2) is 45.9 Å². The Morgan fingerprint density at radius 3 is 2.28 bits per heavy atom. The van der Waals surface area contributed by atoms with Crippen molar-refractivity contribution in [2.24, 2.45) is 5.92 Å². The molecule has 8 heteroatoms. The fourth-order valence-electron chi connectivity index (χ4n) is 4.60. The molecule has 1 saturated carbocycles. The van der Waals surface area contributed by atoms with E-state index in [0.717, 1.165) is 53.8 Å². The average molecular weight is 482 g/mol. The molecule has 1 aliphatic carbocycles. The summed E-state index contributed by atoms with van der Waals surface area (Å²) in [6, 6.07) is 20.8.